The largest absolute Gasteiger partial charge is 0.416 e. The highest BCUT2D eigenvalue weighted by Crippen LogP contribution is 2.40. The summed E-state index contributed by atoms with van der Waals surface area (Å²) in [6.07, 6.45) is 2.47. The van der Waals surface area contributed by atoms with Gasteiger partial charge in [-0.25, -0.2) is 8.78 Å². The Kier molecular flexibility index (Phi) is 7.47. The molecule has 3 rings (SSSR count). The van der Waals surface area contributed by atoms with Crippen LogP contribution in [-0.2, 0) is 6.18 Å². The standard InChI is InChI=1S/C24H33F5N/c1-16(2)15-22(18-11-13-23(25,26)14-12-18)30-21-6-4-3-5-20(21)17-7-9-19(10-8-17)24(27,28)29/h3,7-10,16,18,20-22,30H,4-6,11-15H2,1-2H3/t20-,21+,22+/m0/s1. The Hall–Kier alpha value is -1.17. The molecule has 1 N–H and O–H groups in total. The molecule has 0 heterocycles. The zero-order valence-corrected chi connectivity index (χ0v) is 17.8. The van der Waals surface area contributed by atoms with Gasteiger partial charge in [0.25, 0.3) is 0 Å². The molecule has 0 saturated heterocycles. The summed E-state index contributed by atoms with van der Waals surface area (Å²) in [6, 6.07) is 5.84. The maximum Gasteiger partial charge on any atom is 0.416 e. The summed E-state index contributed by atoms with van der Waals surface area (Å²) in [5, 5.41) is 3.79. The smallest absolute Gasteiger partial charge is 0.310 e. The van der Waals surface area contributed by atoms with Crippen LogP contribution in [-0.4, -0.2) is 18.0 Å². The van der Waals surface area contributed by atoms with E-state index in [1.54, 1.807) is 12.1 Å². The minimum absolute atomic E-state index is 0.0469. The van der Waals surface area contributed by atoms with Crippen LogP contribution in [0.3, 0.4) is 0 Å². The van der Waals surface area contributed by atoms with Gasteiger partial charge in [-0.15, -0.1) is 0 Å². The van der Waals surface area contributed by atoms with Crippen LogP contribution in [0.1, 0.15) is 82.3 Å². The van der Waals surface area contributed by atoms with Crippen molar-refractivity contribution in [3.05, 3.63) is 41.8 Å². The van der Waals surface area contributed by atoms with E-state index in [2.05, 4.69) is 25.6 Å². The van der Waals surface area contributed by atoms with Crippen LogP contribution in [0.2, 0.25) is 0 Å². The van der Waals surface area contributed by atoms with Gasteiger partial charge in [0.15, 0.2) is 0 Å². The maximum absolute atomic E-state index is 13.7. The number of hydrogen-bond donors (Lipinski definition) is 1. The number of alkyl halides is 5. The van der Waals surface area contributed by atoms with E-state index in [-0.39, 0.29) is 36.8 Å². The van der Waals surface area contributed by atoms with E-state index in [1.807, 2.05) is 0 Å². The molecule has 0 amide bonds. The summed E-state index contributed by atoms with van der Waals surface area (Å²) < 4.78 is 66.1. The quantitative estimate of drug-likeness (QED) is 0.465. The highest BCUT2D eigenvalue weighted by Gasteiger charge is 2.39. The van der Waals surface area contributed by atoms with Gasteiger partial charge < -0.3 is 5.32 Å². The number of hydrogen-bond acceptors (Lipinski definition) is 1. The number of halogens is 5. The molecule has 2 saturated carbocycles. The van der Waals surface area contributed by atoms with Crippen LogP contribution in [0, 0.1) is 18.3 Å². The number of rotatable bonds is 6. The molecule has 0 spiro atoms. The van der Waals surface area contributed by atoms with Crippen molar-refractivity contribution < 1.29 is 22.0 Å². The number of nitrogens with one attached hydrogen (secondary N) is 1. The van der Waals surface area contributed by atoms with Crippen molar-refractivity contribution in [2.45, 2.75) is 95.3 Å². The van der Waals surface area contributed by atoms with Gasteiger partial charge in [-0.1, -0.05) is 26.0 Å². The fourth-order valence-electron chi connectivity index (χ4n) is 5.09. The topological polar surface area (TPSA) is 12.0 Å². The molecule has 6 heteroatoms. The molecule has 0 aliphatic heterocycles. The lowest BCUT2D eigenvalue weighted by Gasteiger charge is -2.41. The van der Waals surface area contributed by atoms with E-state index in [1.165, 1.54) is 0 Å². The first-order valence-electron chi connectivity index (χ1n) is 11.2. The second-order valence-corrected chi connectivity index (χ2v) is 9.53. The lowest BCUT2D eigenvalue weighted by atomic mass is 9.76. The van der Waals surface area contributed by atoms with E-state index in [9.17, 15) is 22.0 Å². The zero-order valence-electron chi connectivity index (χ0n) is 17.8. The maximum atomic E-state index is 13.7. The molecule has 2 fully saturated rings. The minimum atomic E-state index is -4.33. The first-order chi connectivity index (χ1) is 14.0. The normalized spacial score (nSPS) is 26.7. The van der Waals surface area contributed by atoms with Crippen LogP contribution in [0.15, 0.2) is 24.3 Å². The highest BCUT2D eigenvalue weighted by molar-refractivity contribution is 5.29. The molecule has 169 valence electrons. The average Bonchev–Trinajstić information content (AvgIpc) is 2.67. The van der Waals surface area contributed by atoms with Gasteiger partial charge in [0.1, 0.15) is 0 Å². The van der Waals surface area contributed by atoms with Crippen molar-refractivity contribution in [2.24, 2.45) is 11.8 Å². The minimum Gasteiger partial charge on any atom is -0.310 e. The molecule has 1 aromatic carbocycles. The first-order valence-corrected chi connectivity index (χ1v) is 11.2. The van der Waals surface area contributed by atoms with Gasteiger partial charge in [-0.3, -0.25) is 0 Å². The fourth-order valence-corrected chi connectivity index (χ4v) is 5.09. The Morgan fingerprint density at radius 1 is 1.03 bits per heavy atom. The third-order valence-electron chi connectivity index (χ3n) is 6.74. The second-order valence-electron chi connectivity index (χ2n) is 9.53. The van der Waals surface area contributed by atoms with Gasteiger partial charge >= 0.3 is 6.18 Å². The highest BCUT2D eigenvalue weighted by atomic mass is 19.4. The van der Waals surface area contributed by atoms with Crippen LogP contribution in [0.25, 0.3) is 0 Å². The predicted molar refractivity (Wildman–Crippen MR) is 109 cm³/mol. The van der Waals surface area contributed by atoms with Gasteiger partial charge in [-0.05, 0) is 80.4 Å². The molecule has 1 radical (unpaired) electrons. The Morgan fingerprint density at radius 3 is 2.23 bits per heavy atom. The van der Waals surface area contributed by atoms with Gasteiger partial charge in [0.05, 0.1) is 5.56 Å². The zero-order chi connectivity index (χ0) is 21.9. The van der Waals surface area contributed by atoms with Crippen molar-refractivity contribution in [1.29, 1.82) is 0 Å². The van der Waals surface area contributed by atoms with Crippen molar-refractivity contribution in [3.63, 3.8) is 0 Å². The Balaban J connectivity index is 1.73. The first kappa shape index (κ1) is 23.5. The van der Waals surface area contributed by atoms with Gasteiger partial charge in [-0.2, -0.15) is 13.2 Å². The summed E-state index contributed by atoms with van der Waals surface area (Å²) in [5.74, 6) is -1.75. The van der Waals surface area contributed by atoms with Crippen molar-refractivity contribution in [2.75, 3.05) is 0 Å². The van der Waals surface area contributed by atoms with E-state index >= 15 is 0 Å². The molecular formula is C24H33F5N. The van der Waals surface area contributed by atoms with Crippen LogP contribution in [0.4, 0.5) is 22.0 Å². The Bertz CT molecular complexity index is 657. The van der Waals surface area contributed by atoms with Crippen molar-refractivity contribution >= 4 is 0 Å². The summed E-state index contributed by atoms with van der Waals surface area (Å²) in [6.45, 7) is 4.29. The third kappa shape index (κ3) is 6.18. The molecule has 2 aliphatic carbocycles. The monoisotopic (exact) mass is 430 g/mol. The van der Waals surface area contributed by atoms with Crippen molar-refractivity contribution in [1.82, 2.24) is 5.32 Å². The Labute approximate surface area is 176 Å². The van der Waals surface area contributed by atoms with E-state index < -0.39 is 17.7 Å². The predicted octanol–water partition coefficient (Wildman–Crippen LogP) is 7.38. The molecule has 0 unspecified atom stereocenters. The molecule has 30 heavy (non-hydrogen) atoms. The Morgan fingerprint density at radius 2 is 1.67 bits per heavy atom. The summed E-state index contributed by atoms with van der Waals surface area (Å²) >= 11 is 0. The summed E-state index contributed by atoms with van der Waals surface area (Å²) in [5.41, 5.74) is 0.284. The molecule has 0 bridgehead atoms. The SMILES string of the molecule is CC(C)C[C@@H](N[C@@H]1CC[CH]C[C@H]1c1ccc(C(F)(F)F)cc1)C1CCC(F)(F)CC1. The molecule has 2 aliphatic rings. The van der Waals surface area contributed by atoms with E-state index in [0.29, 0.717) is 18.8 Å². The molecule has 1 aromatic rings. The van der Waals surface area contributed by atoms with Crippen LogP contribution < -0.4 is 5.32 Å². The molecular weight excluding hydrogens is 397 g/mol. The van der Waals surface area contributed by atoms with Crippen LogP contribution in [0.5, 0.6) is 0 Å². The van der Waals surface area contributed by atoms with E-state index in [4.69, 9.17) is 0 Å². The van der Waals surface area contributed by atoms with Gasteiger partial charge in [0.2, 0.25) is 5.92 Å². The fraction of sp³-hybridized carbons (Fsp3) is 0.708. The van der Waals surface area contributed by atoms with Crippen LogP contribution >= 0.6 is 0 Å². The second kappa shape index (κ2) is 9.54. The number of benzene rings is 1. The van der Waals surface area contributed by atoms with Crippen molar-refractivity contribution in [3.8, 4) is 0 Å². The van der Waals surface area contributed by atoms with E-state index in [0.717, 1.165) is 43.4 Å². The summed E-state index contributed by atoms with van der Waals surface area (Å²) in [4.78, 5) is 0. The lowest BCUT2D eigenvalue weighted by Crippen LogP contribution is -2.48. The average molecular weight is 431 g/mol. The molecule has 1 nitrogen and oxygen atoms in total. The van der Waals surface area contributed by atoms with Gasteiger partial charge in [0, 0.05) is 24.9 Å². The molecule has 3 atom stereocenters. The summed E-state index contributed by atoms with van der Waals surface area (Å²) in [7, 11) is 0. The third-order valence-corrected chi connectivity index (χ3v) is 6.74. The lowest BCUT2D eigenvalue weighted by molar-refractivity contribution is -0.137. The molecule has 0 aromatic heterocycles.